The molecule has 0 unspecified atom stereocenters. The molecule has 0 fully saturated rings. The highest BCUT2D eigenvalue weighted by Gasteiger charge is 2.21. The Hall–Kier alpha value is -1.60. The molecule has 7 heteroatoms. The van der Waals surface area contributed by atoms with E-state index in [2.05, 4.69) is 4.72 Å². The van der Waals surface area contributed by atoms with E-state index in [4.69, 9.17) is 9.84 Å². The van der Waals surface area contributed by atoms with Crippen LogP contribution in [0.3, 0.4) is 0 Å². The van der Waals surface area contributed by atoms with Crippen molar-refractivity contribution >= 4 is 16.0 Å². The molecule has 6 nitrogen and oxygen atoms in total. The van der Waals surface area contributed by atoms with Gasteiger partial charge in [0.05, 0.1) is 7.11 Å². The van der Waals surface area contributed by atoms with Crippen LogP contribution >= 0.6 is 0 Å². The lowest BCUT2D eigenvalue weighted by Gasteiger charge is -2.14. The minimum absolute atomic E-state index is 0.0246. The molecule has 0 atom stereocenters. The second-order valence-corrected chi connectivity index (χ2v) is 6.34. The molecular weight excluding hydrogens is 282 g/mol. The summed E-state index contributed by atoms with van der Waals surface area (Å²) in [4.78, 5) is 10.6. The molecule has 0 radical (unpaired) electrons. The molecule has 20 heavy (non-hydrogen) atoms. The lowest BCUT2D eigenvalue weighted by molar-refractivity contribution is -0.136. The maximum absolute atomic E-state index is 12.2. The Morgan fingerprint density at radius 1 is 1.40 bits per heavy atom. The number of sulfonamides is 1. The zero-order valence-corrected chi connectivity index (χ0v) is 12.5. The lowest BCUT2D eigenvalue weighted by atomic mass is 10.1. The Kier molecular flexibility index (Phi) is 5.52. The standard InChI is InChI=1S/C13H19NO5S/c1-9(2)14-20(17,18)12-8-10(5-7-13(15)16)4-6-11(12)19-3/h4,6,8-9,14H,5,7H2,1-3H3,(H,15,16). The molecule has 0 aliphatic heterocycles. The number of rotatable bonds is 7. The zero-order valence-electron chi connectivity index (χ0n) is 11.7. The molecule has 0 aromatic heterocycles. The van der Waals surface area contributed by atoms with Gasteiger partial charge in [0.1, 0.15) is 10.6 Å². The first-order valence-corrected chi connectivity index (χ1v) is 7.65. The van der Waals surface area contributed by atoms with Crippen molar-refractivity contribution in [2.24, 2.45) is 0 Å². The number of hydrogen-bond acceptors (Lipinski definition) is 4. The highest BCUT2D eigenvalue weighted by Crippen LogP contribution is 2.25. The van der Waals surface area contributed by atoms with Crippen LogP contribution in [0.15, 0.2) is 23.1 Å². The van der Waals surface area contributed by atoms with Crippen molar-refractivity contribution in [1.82, 2.24) is 4.72 Å². The third-order valence-electron chi connectivity index (χ3n) is 2.54. The van der Waals surface area contributed by atoms with Gasteiger partial charge in [0.2, 0.25) is 10.0 Å². The van der Waals surface area contributed by atoms with Crippen molar-refractivity contribution in [1.29, 1.82) is 0 Å². The highest BCUT2D eigenvalue weighted by atomic mass is 32.2. The Morgan fingerprint density at radius 2 is 2.05 bits per heavy atom. The number of carbonyl (C=O) groups is 1. The number of carboxylic acids is 1. The van der Waals surface area contributed by atoms with Crippen molar-refractivity contribution in [3.05, 3.63) is 23.8 Å². The zero-order chi connectivity index (χ0) is 15.3. The summed E-state index contributed by atoms with van der Waals surface area (Å²) in [5.74, 6) is -0.692. The van der Waals surface area contributed by atoms with Crippen molar-refractivity contribution < 1.29 is 23.1 Å². The summed E-state index contributed by atoms with van der Waals surface area (Å²) in [6, 6.07) is 4.40. The van der Waals surface area contributed by atoms with E-state index in [0.717, 1.165) is 0 Å². The first-order chi connectivity index (χ1) is 9.26. The highest BCUT2D eigenvalue weighted by molar-refractivity contribution is 7.89. The maximum Gasteiger partial charge on any atom is 0.303 e. The quantitative estimate of drug-likeness (QED) is 0.794. The third kappa shape index (κ3) is 4.50. The van der Waals surface area contributed by atoms with Gasteiger partial charge in [-0.1, -0.05) is 6.07 Å². The van der Waals surface area contributed by atoms with Crippen LogP contribution in [0.2, 0.25) is 0 Å². The third-order valence-corrected chi connectivity index (χ3v) is 4.22. The molecule has 2 N–H and O–H groups in total. The summed E-state index contributed by atoms with van der Waals surface area (Å²) in [5, 5.41) is 8.67. The van der Waals surface area contributed by atoms with Gasteiger partial charge in [-0.3, -0.25) is 4.79 Å². The predicted molar refractivity (Wildman–Crippen MR) is 74.4 cm³/mol. The number of benzene rings is 1. The van der Waals surface area contributed by atoms with Gasteiger partial charge in [-0.2, -0.15) is 0 Å². The molecule has 0 aliphatic carbocycles. The molecule has 0 heterocycles. The summed E-state index contributed by atoms with van der Waals surface area (Å²) < 4.78 is 31.9. The molecule has 0 saturated carbocycles. The molecule has 0 aliphatic rings. The molecular formula is C13H19NO5S. The molecule has 0 amide bonds. The number of methoxy groups -OCH3 is 1. The fourth-order valence-corrected chi connectivity index (χ4v) is 3.18. The minimum atomic E-state index is -3.69. The van der Waals surface area contributed by atoms with Gasteiger partial charge in [-0.05, 0) is 38.0 Å². The predicted octanol–water partition coefficient (Wildman–Crippen LogP) is 1.40. The first kappa shape index (κ1) is 16.5. The second kappa shape index (κ2) is 6.71. The van der Waals surface area contributed by atoms with Crippen molar-refractivity contribution in [2.45, 2.75) is 37.6 Å². The molecule has 0 bridgehead atoms. The van der Waals surface area contributed by atoms with Crippen LogP contribution < -0.4 is 9.46 Å². The number of aliphatic carboxylic acids is 1. The van der Waals surface area contributed by atoms with E-state index in [0.29, 0.717) is 5.56 Å². The number of aryl methyl sites for hydroxylation is 1. The molecule has 0 saturated heterocycles. The molecule has 1 aromatic carbocycles. The molecule has 1 aromatic rings. The van der Waals surface area contributed by atoms with Crippen LogP contribution in [-0.4, -0.2) is 32.6 Å². The molecule has 1 rings (SSSR count). The summed E-state index contributed by atoms with van der Waals surface area (Å²) in [6.07, 6.45) is 0.215. The lowest BCUT2D eigenvalue weighted by Crippen LogP contribution is -2.30. The van der Waals surface area contributed by atoms with Crippen LogP contribution in [0.1, 0.15) is 25.8 Å². The second-order valence-electron chi connectivity index (χ2n) is 4.65. The number of ether oxygens (including phenoxy) is 1. The first-order valence-electron chi connectivity index (χ1n) is 6.17. The van der Waals surface area contributed by atoms with Gasteiger partial charge in [-0.25, -0.2) is 13.1 Å². The Balaban J connectivity index is 3.15. The summed E-state index contributed by atoms with van der Waals surface area (Å²) in [6.45, 7) is 3.44. The van der Waals surface area contributed by atoms with Gasteiger partial charge >= 0.3 is 5.97 Å². The number of carboxylic acid groups (broad SMARTS) is 1. The number of nitrogens with one attached hydrogen (secondary N) is 1. The van der Waals surface area contributed by atoms with Gasteiger partial charge in [0.25, 0.3) is 0 Å². The van der Waals surface area contributed by atoms with Crippen LogP contribution in [0.25, 0.3) is 0 Å². The van der Waals surface area contributed by atoms with Gasteiger partial charge < -0.3 is 9.84 Å². The van der Waals surface area contributed by atoms with Crippen molar-refractivity contribution in [3.8, 4) is 5.75 Å². The van der Waals surface area contributed by atoms with Gasteiger partial charge in [-0.15, -0.1) is 0 Å². The molecule has 112 valence electrons. The Bertz CT molecular complexity index is 580. The summed E-state index contributed by atoms with van der Waals surface area (Å²) in [7, 11) is -2.30. The topological polar surface area (TPSA) is 92.7 Å². The van der Waals surface area contributed by atoms with E-state index in [-0.39, 0.29) is 29.5 Å². The normalized spacial score (nSPS) is 11.6. The van der Waals surface area contributed by atoms with Crippen LogP contribution in [0, 0.1) is 0 Å². The monoisotopic (exact) mass is 301 g/mol. The summed E-state index contributed by atoms with van der Waals surface area (Å²) in [5.41, 5.74) is 0.636. The number of hydrogen-bond donors (Lipinski definition) is 2. The van der Waals surface area contributed by atoms with E-state index in [1.807, 2.05) is 0 Å². The van der Waals surface area contributed by atoms with Crippen molar-refractivity contribution in [3.63, 3.8) is 0 Å². The SMILES string of the molecule is COc1ccc(CCC(=O)O)cc1S(=O)(=O)NC(C)C. The van der Waals surface area contributed by atoms with E-state index in [1.165, 1.54) is 19.2 Å². The Morgan fingerprint density at radius 3 is 2.55 bits per heavy atom. The Labute approximate surface area is 118 Å². The fraction of sp³-hybridized carbons (Fsp3) is 0.462. The van der Waals surface area contributed by atoms with Gasteiger partial charge in [0.15, 0.2) is 0 Å². The fourth-order valence-electron chi connectivity index (χ4n) is 1.71. The van der Waals surface area contributed by atoms with Crippen LogP contribution in [0.4, 0.5) is 0 Å². The smallest absolute Gasteiger partial charge is 0.303 e. The largest absolute Gasteiger partial charge is 0.495 e. The van der Waals surface area contributed by atoms with Crippen LogP contribution in [-0.2, 0) is 21.2 Å². The maximum atomic E-state index is 12.2. The van der Waals surface area contributed by atoms with E-state index in [1.54, 1.807) is 19.9 Å². The minimum Gasteiger partial charge on any atom is -0.495 e. The average molecular weight is 301 g/mol. The van der Waals surface area contributed by atoms with E-state index in [9.17, 15) is 13.2 Å². The summed E-state index contributed by atoms with van der Waals surface area (Å²) >= 11 is 0. The van der Waals surface area contributed by atoms with E-state index < -0.39 is 16.0 Å². The molecule has 0 spiro atoms. The van der Waals surface area contributed by atoms with Gasteiger partial charge in [0, 0.05) is 12.5 Å². The van der Waals surface area contributed by atoms with Crippen molar-refractivity contribution in [2.75, 3.05) is 7.11 Å². The van der Waals surface area contributed by atoms with Crippen LogP contribution in [0.5, 0.6) is 5.75 Å². The average Bonchev–Trinajstić information content (AvgIpc) is 2.34. The van der Waals surface area contributed by atoms with E-state index >= 15 is 0 Å².